The number of carbonyl (C=O) groups excluding carboxylic acids is 3. The number of rotatable bonds is 4. The summed E-state index contributed by atoms with van der Waals surface area (Å²) >= 11 is 5.87. The van der Waals surface area contributed by atoms with Crippen molar-refractivity contribution < 1.29 is 19.1 Å². The number of nitrogens with one attached hydrogen (secondary N) is 1. The Balaban J connectivity index is 1.53. The number of ether oxygens (including phenoxy) is 1. The Kier molecular flexibility index (Phi) is 5.58. The molecule has 1 aromatic rings. The SMILES string of the molecule is N#Cc1ccc(Cl)cc1NC(=O)COC(=O)C1C[C@H]2CCC[C@@H](C1)C2=O. The average Bonchev–Trinajstić information content (AvgIpc) is 2.59. The highest BCUT2D eigenvalue weighted by molar-refractivity contribution is 6.31. The predicted molar refractivity (Wildman–Crippen MR) is 94.3 cm³/mol. The molecule has 2 bridgehead atoms. The van der Waals surface area contributed by atoms with Gasteiger partial charge in [0.1, 0.15) is 11.9 Å². The minimum atomic E-state index is -0.538. The third-order valence-electron chi connectivity index (χ3n) is 5.10. The van der Waals surface area contributed by atoms with E-state index in [0.29, 0.717) is 17.9 Å². The summed E-state index contributed by atoms with van der Waals surface area (Å²) in [7, 11) is 0. The molecule has 2 aliphatic carbocycles. The van der Waals surface area contributed by atoms with Crippen LogP contribution in [0.1, 0.15) is 37.7 Å². The molecular weight excluding hydrogens is 356 g/mol. The molecule has 0 saturated heterocycles. The molecule has 0 aliphatic heterocycles. The second kappa shape index (κ2) is 7.88. The summed E-state index contributed by atoms with van der Waals surface area (Å²) in [5.41, 5.74) is 0.548. The van der Waals surface area contributed by atoms with E-state index in [2.05, 4.69) is 5.32 Å². The Bertz CT molecular complexity index is 770. The maximum Gasteiger partial charge on any atom is 0.309 e. The number of esters is 1. The zero-order chi connectivity index (χ0) is 18.7. The highest BCUT2D eigenvalue weighted by atomic mass is 35.5. The first-order valence-electron chi connectivity index (χ1n) is 8.67. The standard InChI is InChI=1S/C19H19ClN2O4/c20-15-5-4-13(9-21)16(8-15)22-17(23)10-26-19(25)14-6-11-2-1-3-12(7-14)18(11)24/h4-5,8,11-12,14H,1-3,6-7,10H2,(H,22,23)/t11-,12+,14?. The number of anilines is 1. The Morgan fingerprint density at radius 2 is 1.96 bits per heavy atom. The van der Waals surface area contributed by atoms with Gasteiger partial charge in [-0.05, 0) is 43.9 Å². The van der Waals surface area contributed by atoms with Gasteiger partial charge in [0.25, 0.3) is 5.91 Å². The Morgan fingerprint density at radius 3 is 2.62 bits per heavy atom. The third kappa shape index (κ3) is 4.05. The molecule has 1 aromatic carbocycles. The number of nitriles is 1. The van der Waals surface area contributed by atoms with Crippen LogP contribution in [-0.2, 0) is 19.1 Å². The number of halogens is 1. The highest BCUT2D eigenvalue weighted by Crippen LogP contribution is 2.40. The summed E-state index contributed by atoms with van der Waals surface area (Å²) in [6.07, 6.45) is 3.74. The number of hydrogen-bond donors (Lipinski definition) is 1. The van der Waals surface area contributed by atoms with Gasteiger partial charge >= 0.3 is 5.97 Å². The number of fused-ring (bicyclic) bond motifs is 2. The van der Waals surface area contributed by atoms with Crippen LogP contribution >= 0.6 is 11.6 Å². The molecule has 1 N–H and O–H groups in total. The lowest BCUT2D eigenvalue weighted by molar-refractivity contribution is -0.155. The fourth-order valence-electron chi connectivity index (χ4n) is 3.83. The van der Waals surface area contributed by atoms with Gasteiger partial charge in [-0.15, -0.1) is 0 Å². The molecule has 6 nitrogen and oxygen atoms in total. The summed E-state index contributed by atoms with van der Waals surface area (Å²) in [6.45, 7) is -0.435. The van der Waals surface area contributed by atoms with E-state index in [-0.39, 0.29) is 34.8 Å². The van der Waals surface area contributed by atoms with Gasteiger partial charge < -0.3 is 10.1 Å². The first kappa shape index (κ1) is 18.4. The van der Waals surface area contributed by atoms with Gasteiger partial charge in [0.05, 0.1) is 17.2 Å². The summed E-state index contributed by atoms with van der Waals surface area (Å²) in [5.74, 6) is -1.10. The zero-order valence-electron chi connectivity index (χ0n) is 14.2. The van der Waals surface area contributed by atoms with E-state index in [4.69, 9.17) is 21.6 Å². The van der Waals surface area contributed by atoms with Crippen molar-refractivity contribution in [2.75, 3.05) is 11.9 Å². The predicted octanol–water partition coefficient (Wildman–Crippen LogP) is 3.09. The Hall–Kier alpha value is -2.39. The van der Waals surface area contributed by atoms with Gasteiger partial charge in [0, 0.05) is 16.9 Å². The van der Waals surface area contributed by atoms with E-state index < -0.39 is 18.5 Å². The van der Waals surface area contributed by atoms with Crippen LogP contribution in [0.5, 0.6) is 0 Å². The van der Waals surface area contributed by atoms with Gasteiger partial charge in [0.2, 0.25) is 0 Å². The van der Waals surface area contributed by atoms with Crippen LogP contribution in [-0.4, -0.2) is 24.3 Å². The van der Waals surface area contributed by atoms with Crippen molar-refractivity contribution in [3.8, 4) is 6.07 Å². The van der Waals surface area contributed by atoms with Crippen LogP contribution in [0.15, 0.2) is 18.2 Å². The van der Waals surface area contributed by atoms with Gasteiger partial charge in [0.15, 0.2) is 6.61 Å². The Labute approximate surface area is 156 Å². The van der Waals surface area contributed by atoms with Crippen molar-refractivity contribution in [2.45, 2.75) is 32.1 Å². The lowest BCUT2D eigenvalue weighted by atomic mass is 9.67. The number of nitrogens with zero attached hydrogens (tertiary/aromatic N) is 1. The molecule has 0 radical (unpaired) electrons. The van der Waals surface area contributed by atoms with Crippen molar-refractivity contribution >= 4 is 34.9 Å². The summed E-state index contributed by atoms with van der Waals surface area (Å²) in [5, 5.41) is 12.0. The van der Waals surface area contributed by atoms with Gasteiger partial charge in [-0.2, -0.15) is 5.26 Å². The minimum Gasteiger partial charge on any atom is -0.455 e. The number of Topliss-reactive ketones (excluding diaryl/α,β-unsaturated/α-hetero) is 1. The van der Waals surface area contributed by atoms with Gasteiger partial charge in [-0.25, -0.2) is 0 Å². The summed E-state index contributed by atoms with van der Waals surface area (Å²) in [4.78, 5) is 36.4. The first-order chi connectivity index (χ1) is 12.5. The first-order valence-corrected chi connectivity index (χ1v) is 9.05. The van der Waals surface area contributed by atoms with E-state index >= 15 is 0 Å². The van der Waals surface area contributed by atoms with E-state index in [1.807, 2.05) is 6.07 Å². The highest BCUT2D eigenvalue weighted by Gasteiger charge is 2.41. The molecule has 3 rings (SSSR count). The number of hydrogen-bond acceptors (Lipinski definition) is 5. The second-order valence-corrected chi connectivity index (χ2v) is 7.29. The molecule has 7 heteroatoms. The lowest BCUT2D eigenvalue weighted by Gasteiger charge is -2.36. The van der Waals surface area contributed by atoms with E-state index in [1.165, 1.54) is 12.1 Å². The van der Waals surface area contributed by atoms with Crippen LogP contribution in [0, 0.1) is 29.1 Å². The number of benzene rings is 1. The van der Waals surface area contributed by atoms with Crippen LogP contribution in [0.25, 0.3) is 0 Å². The lowest BCUT2D eigenvalue weighted by Crippen LogP contribution is -2.40. The molecule has 2 fully saturated rings. The van der Waals surface area contributed by atoms with Crippen molar-refractivity contribution in [1.29, 1.82) is 5.26 Å². The molecule has 26 heavy (non-hydrogen) atoms. The monoisotopic (exact) mass is 374 g/mol. The zero-order valence-corrected chi connectivity index (χ0v) is 14.9. The molecule has 3 atom stereocenters. The largest absolute Gasteiger partial charge is 0.455 e. The molecule has 0 heterocycles. The molecule has 2 saturated carbocycles. The maximum atomic E-state index is 12.3. The average molecular weight is 375 g/mol. The van der Waals surface area contributed by atoms with Crippen LogP contribution in [0.4, 0.5) is 5.69 Å². The topological polar surface area (TPSA) is 96.3 Å². The van der Waals surface area contributed by atoms with E-state index in [1.54, 1.807) is 6.07 Å². The van der Waals surface area contributed by atoms with Gasteiger partial charge in [-0.1, -0.05) is 18.0 Å². The molecular formula is C19H19ClN2O4. The smallest absolute Gasteiger partial charge is 0.309 e. The third-order valence-corrected chi connectivity index (χ3v) is 5.34. The molecule has 1 amide bonds. The summed E-state index contributed by atoms with van der Waals surface area (Å²) < 4.78 is 5.14. The molecule has 0 spiro atoms. The number of ketones is 1. The number of carbonyl (C=O) groups is 3. The van der Waals surface area contributed by atoms with Crippen LogP contribution < -0.4 is 5.32 Å². The van der Waals surface area contributed by atoms with Gasteiger partial charge in [-0.3, -0.25) is 14.4 Å². The maximum absolute atomic E-state index is 12.3. The van der Waals surface area contributed by atoms with Crippen LogP contribution in [0.3, 0.4) is 0 Å². The number of amides is 1. The fraction of sp³-hybridized carbons (Fsp3) is 0.474. The molecule has 136 valence electrons. The summed E-state index contributed by atoms with van der Waals surface area (Å²) in [6, 6.07) is 6.48. The Morgan fingerprint density at radius 1 is 1.27 bits per heavy atom. The molecule has 0 aromatic heterocycles. The van der Waals surface area contributed by atoms with E-state index in [0.717, 1.165) is 19.3 Å². The second-order valence-electron chi connectivity index (χ2n) is 6.85. The van der Waals surface area contributed by atoms with Crippen molar-refractivity contribution in [3.05, 3.63) is 28.8 Å². The molecule has 2 aliphatic rings. The minimum absolute atomic E-state index is 0.0430. The van der Waals surface area contributed by atoms with Crippen molar-refractivity contribution in [2.24, 2.45) is 17.8 Å². The fourth-order valence-corrected chi connectivity index (χ4v) is 4.00. The normalized spacial score (nSPS) is 24.5. The van der Waals surface area contributed by atoms with E-state index in [9.17, 15) is 14.4 Å². The quantitative estimate of drug-likeness (QED) is 0.817. The van der Waals surface area contributed by atoms with Crippen LogP contribution in [0.2, 0.25) is 5.02 Å². The van der Waals surface area contributed by atoms with Crippen molar-refractivity contribution in [1.82, 2.24) is 0 Å². The molecule has 1 unspecified atom stereocenters. The van der Waals surface area contributed by atoms with Crippen molar-refractivity contribution in [3.63, 3.8) is 0 Å².